The first kappa shape index (κ1) is 21.9. The molecular formula is C14H23O8P. The molecule has 0 aromatic rings. The van der Waals surface area contributed by atoms with Gasteiger partial charge in [0.25, 0.3) is 0 Å². The summed E-state index contributed by atoms with van der Waals surface area (Å²) < 4.78 is 20.8. The van der Waals surface area contributed by atoms with E-state index in [-0.39, 0.29) is 38.9 Å². The van der Waals surface area contributed by atoms with E-state index >= 15 is 0 Å². The number of ketones is 2. The number of Topliss-reactive ketones (excluding diaryl/α,β-unsaturated/α-hetero) is 2. The summed E-state index contributed by atoms with van der Waals surface area (Å²) in [6, 6.07) is 0. The highest BCUT2D eigenvalue weighted by molar-refractivity contribution is 7.47. The smallest absolute Gasteiger partial charge is 0.381 e. The van der Waals surface area contributed by atoms with Crippen LogP contribution in [-0.2, 0) is 23.2 Å². The summed E-state index contributed by atoms with van der Waals surface area (Å²) >= 11 is 0. The fraction of sp³-hybridized carbons (Fsp3) is 0.571. The van der Waals surface area contributed by atoms with Crippen LogP contribution in [0.15, 0.2) is 25.3 Å². The normalized spacial score (nSPS) is 16.1. The van der Waals surface area contributed by atoms with E-state index in [2.05, 4.69) is 22.2 Å². The molecule has 0 spiro atoms. The molecule has 132 valence electrons. The average molecular weight is 350 g/mol. The molecule has 2 atom stereocenters. The van der Waals surface area contributed by atoms with Crippen LogP contribution in [0.4, 0.5) is 0 Å². The van der Waals surface area contributed by atoms with Crippen molar-refractivity contribution in [3.05, 3.63) is 25.3 Å². The summed E-state index contributed by atoms with van der Waals surface area (Å²) in [5.41, 5.74) is 0. The number of hydrogen-bond acceptors (Lipinski definition) is 7. The lowest BCUT2D eigenvalue weighted by Crippen LogP contribution is -2.17. The topological polar surface area (TPSA) is 130 Å². The molecule has 0 aliphatic rings. The van der Waals surface area contributed by atoms with E-state index in [0.717, 1.165) is 12.2 Å². The lowest BCUT2D eigenvalue weighted by molar-refractivity contribution is -0.125. The molecule has 0 saturated heterocycles. The number of rotatable bonds is 14. The number of carbonyl (C=O) groups excluding carboxylic acids is 2. The van der Waals surface area contributed by atoms with Crippen LogP contribution in [0.3, 0.4) is 0 Å². The summed E-state index contributed by atoms with van der Waals surface area (Å²) in [5.74, 6) is -0.923. The number of phosphoric acid groups is 1. The van der Waals surface area contributed by atoms with Gasteiger partial charge < -0.3 is 15.1 Å². The van der Waals surface area contributed by atoms with E-state index in [1.165, 1.54) is 0 Å². The Bertz CT molecular complexity index is 424. The second kappa shape index (κ2) is 11.4. The highest BCUT2D eigenvalue weighted by Gasteiger charge is 2.21. The molecule has 0 aliphatic heterocycles. The van der Waals surface area contributed by atoms with Crippen molar-refractivity contribution in [1.29, 1.82) is 0 Å². The van der Waals surface area contributed by atoms with E-state index in [9.17, 15) is 19.0 Å². The van der Waals surface area contributed by atoms with E-state index in [0.29, 0.717) is 0 Å². The molecule has 9 heteroatoms. The summed E-state index contributed by atoms with van der Waals surface area (Å²) in [6.45, 7) is 6.14. The van der Waals surface area contributed by atoms with Crippen molar-refractivity contribution in [2.24, 2.45) is 0 Å². The zero-order valence-corrected chi connectivity index (χ0v) is 13.7. The first-order valence-electron chi connectivity index (χ1n) is 7.02. The number of aliphatic hydroxyl groups excluding tert-OH is 2. The standard InChI is InChI=1S/C14H23O8P/c1-3-11(15)13(17)7-5-9-21-23(19,20)22-10-6-8-14(18)12(16)4-2/h3-4,11-12,15-16H,1-2,5-10H2,(H,19,20). The van der Waals surface area contributed by atoms with Crippen LogP contribution in [-0.4, -0.2) is 52.1 Å². The lowest BCUT2D eigenvalue weighted by Gasteiger charge is -2.12. The summed E-state index contributed by atoms with van der Waals surface area (Å²) in [6.07, 6.45) is -0.0981. The van der Waals surface area contributed by atoms with Crippen LogP contribution in [0.1, 0.15) is 25.7 Å². The maximum Gasteiger partial charge on any atom is 0.472 e. The molecule has 0 fully saturated rings. The quantitative estimate of drug-likeness (QED) is 0.239. The molecule has 0 heterocycles. The van der Waals surface area contributed by atoms with Gasteiger partial charge in [0, 0.05) is 12.8 Å². The lowest BCUT2D eigenvalue weighted by atomic mass is 10.1. The van der Waals surface area contributed by atoms with Crippen molar-refractivity contribution in [2.45, 2.75) is 37.9 Å². The van der Waals surface area contributed by atoms with Crippen molar-refractivity contribution in [2.75, 3.05) is 13.2 Å². The Morgan fingerprint density at radius 3 is 1.61 bits per heavy atom. The summed E-state index contributed by atoms with van der Waals surface area (Å²) in [7, 11) is -4.26. The molecule has 0 saturated carbocycles. The third-order valence-corrected chi connectivity index (χ3v) is 3.77. The second-order valence-corrected chi connectivity index (χ2v) is 6.09. The molecular weight excluding hydrogens is 327 g/mol. The molecule has 23 heavy (non-hydrogen) atoms. The number of phosphoric ester groups is 1. The third kappa shape index (κ3) is 10.3. The highest BCUT2D eigenvalue weighted by Crippen LogP contribution is 2.43. The van der Waals surface area contributed by atoms with Gasteiger partial charge in [0.2, 0.25) is 0 Å². The molecule has 8 nitrogen and oxygen atoms in total. The second-order valence-electron chi connectivity index (χ2n) is 4.64. The minimum atomic E-state index is -4.26. The van der Waals surface area contributed by atoms with Crippen molar-refractivity contribution < 1.29 is 38.3 Å². The maximum absolute atomic E-state index is 11.5. The highest BCUT2D eigenvalue weighted by atomic mass is 31.2. The molecule has 0 aliphatic carbocycles. The number of hydrogen-bond donors (Lipinski definition) is 3. The Kier molecular flexibility index (Phi) is 10.8. The first-order valence-corrected chi connectivity index (χ1v) is 8.51. The summed E-state index contributed by atoms with van der Waals surface area (Å²) in [4.78, 5) is 31.9. The van der Waals surface area contributed by atoms with Crippen molar-refractivity contribution in [1.82, 2.24) is 0 Å². The Labute approximate surface area is 135 Å². The van der Waals surface area contributed by atoms with E-state index in [1.54, 1.807) is 0 Å². The predicted molar refractivity (Wildman–Crippen MR) is 82.6 cm³/mol. The molecule has 3 N–H and O–H groups in total. The first-order chi connectivity index (χ1) is 10.7. The van der Waals surface area contributed by atoms with Crippen molar-refractivity contribution in [3.63, 3.8) is 0 Å². The van der Waals surface area contributed by atoms with Gasteiger partial charge in [0.15, 0.2) is 11.6 Å². The minimum Gasteiger partial charge on any atom is -0.381 e. The molecule has 0 radical (unpaired) electrons. The largest absolute Gasteiger partial charge is 0.472 e. The minimum absolute atomic E-state index is 0.0267. The Hall–Kier alpha value is -1.15. The number of aliphatic hydroxyl groups is 2. The van der Waals surface area contributed by atoms with Gasteiger partial charge in [-0.15, -0.1) is 13.2 Å². The number of carbonyl (C=O) groups is 2. The SMILES string of the molecule is C=CC(O)C(=O)CCCOP(=O)(O)OCCCC(=O)C(O)C=C. The van der Waals surface area contributed by atoms with Gasteiger partial charge >= 0.3 is 7.82 Å². The fourth-order valence-corrected chi connectivity index (χ4v) is 2.24. The van der Waals surface area contributed by atoms with Crippen LogP contribution < -0.4 is 0 Å². The van der Waals surface area contributed by atoms with Gasteiger partial charge in [0.1, 0.15) is 12.2 Å². The monoisotopic (exact) mass is 350 g/mol. The molecule has 0 aromatic heterocycles. The van der Waals surface area contributed by atoms with Crippen LogP contribution in [0.5, 0.6) is 0 Å². The van der Waals surface area contributed by atoms with Crippen LogP contribution in [0, 0.1) is 0 Å². The molecule has 0 bridgehead atoms. The Morgan fingerprint density at radius 1 is 0.957 bits per heavy atom. The average Bonchev–Trinajstić information content (AvgIpc) is 2.53. The molecule has 0 aromatic carbocycles. The Morgan fingerprint density at radius 2 is 1.30 bits per heavy atom. The predicted octanol–water partition coefficient (Wildman–Crippen LogP) is 0.912. The van der Waals surface area contributed by atoms with E-state index in [1.807, 2.05) is 0 Å². The van der Waals surface area contributed by atoms with E-state index < -0.39 is 31.6 Å². The van der Waals surface area contributed by atoms with Gasteiger partial charge in [-0.2, -0.15) is 0 Å². The summed E-state index contributed by atoms with van der Waals surface area (Å²) in [5, 5.41) is 18.3. The third-order valence-electron chi connectivity index (χ3n) is 2.75. The molecule has 2 unspecified atom stereocenters. The van der Waals surface area contributed by atoms with Gasteiger partial charge in [-0.05, 0) is 12.8 Å². The van der Waals surface area contributed by atoms with Crippen LogP contribution in [0.2, 0.25) is 0 Å². The maximum atomic E-state index is 11.5. The molecule has 0 rings (SSSR count). The van der Waals surface area contributed by atoms with Crippen LogP contribution in [0.25, 0.3) is 0 Å². The Balaban J connectivity index is 3.87. The van der Waals surface area contributed by atoms with E-state index in [4.69, 9.17) is 10.2 Å². The van der Waals surface area contributed by atoms with Crippen molar-refractivity contribution >= 4 is 19.4 Å². The van der Waals surface area contributed by atoms with Gasteiger partial charge in [-0.1, -0.05) is 12.2 Å². The van der Waals surface area contributed by atoms with Crippen molar-refractivity contribution in [3.8, 4) is 0 Å². The zero-order chi connectivity index (χ0) is 17.9. The molecule has 0 amide bonds. The van der Waals surface area contributed by atoms with Gasteiger partial charge in [-0.25, -0.2) is 4.57 Å². The van der Waals surface area contributed by atoms with Crippen LogP contribution >= 0.6 is 7.82 Å². The van der Waals surface area contributed by atoms with Gasteiger partial charge in [-0.3, -0.25) is 18.6 Å². The fourth-order valence-electron chi connectivity index (χ4n) is 1.45. The van der Waals surface area contributed by atoms with Gasteiger partial charge in [0.05, 0.1) is 13.2 Å². The zero-order valence-electron chi connectivity index (χ0n) is 12.8.